The zero-order chi connectivity index (χ0) is 18.2. The van der Waals surface area contributed by atoms with Gasteiger partial charge >= 0.3 is 0 Å². The molecule has 1 saturated heterocycles. The van der Waals surface area contributed by atoms with Crippen molar-refractivity contribution in [2.75, 3.05) is 44.7 Å². The van der Waals surface area contributed by atoms with Gasteiger partial charge < -0.3 is 15.4 Å². The Morgan fingerprint density at radius 2 is 1.77 bits per heavy atom. The average Bonchev–Trinajstić information content (AvgIpc) is 3.17. The first-order chi connectivity index (χ1) is 12.7. The number of carbonyl (C=O) groups excluding carboxylic acids is 2. The molecule has 1 aromatic carbocycles. The summed E-state index contributed by atoms with van der Waals surface area (Å²) in [5.41, 5.74) is 0.668. The largest absolute Gasteiger partial charge is 0.379 e. The van der Waals surface area contributed by atoms with E-state index in [4.69, 9.17) is 4.74 Å². The Kier molecular flexibility index (Phi) is 6.64. The van der Waals surface area contributed by atoms with Crippen LogP contribution in [0.1, 0.15) is 26.0 Å². The van der Waals surface area contributed by atoms with E-state index in [1.165, 1.54) is 0 Å². The molecular formula is C17H21N5O3S. The van der Waals surface area contributed by atoms with Crippen LogP contribution < -0.4 is 10.6 Å². The minimum Gasteiger partial charge on any atom is -0.379 e. The summed E-state index contributed by atoms with van der Waals surface area (Å²) in [6.45, 7) is 4.89. The van der Waals surface area contributed by atoms with Gasteiger partial charge in [-0.1, -0.05) is 29.5 Å². The van der Waals surface area contributed by atoms with E-state index in [0.717, 1.165) is 50.6 Å². The van der Waals surface area contributed by atoms with Crippen LogP contribution in [0.15, 0.2) is 30.3 Å². The Balaban J connectivity index is 1.43. The number of rotatable bonds is 7. The lowest BCUT2D eigenvalue weighted by molar-refractivity contribution is 0.0374. The first kappa shape index (κ1) is 18.4. The Morgan fingerprint density at radius 3 is 2.50 bits per heavy atom. The van der Waals surface area contributed by atoms with Crippen molar-refractivity contribution in [1.82, 2.24) is 20.4 Å². The second-order valence-electron chi connectivity index (χ2n) is 5.80. The smallest absolute Gasteiger partial charge is 0.286 e. The van der Waals surface area contributed by atoms with Crippen molar-refractivity contribution in [3.8, 4) is 0 Å². The van der Waals surface area contributed by atoms with Gasteiger partial charge in [0.25, 0.3) is 11.8 Å². The zero-order valence-corrected chi connectivity index (χ0v) is 15.1. The van der Waals surface area contributed by atoms with Gasteiger partial charge in [0, 0.05) is 25.3 Å². The number of hydrogen-bond donors (Lipinski definition) is 2. The molecule has 1 aliphatic rings. The lowest BCUT2D eigenvalue weighted by atomic mass is 10.3. The fourth-order valence-electron chi connectivity index (χ4n) is 2.52. The molecule has 2 amide bonds. The summed E-state index contributed by atoms with van der Waals surface area (Å²) in [6, 6.07) is 9.07. The lowest BCUT2D eigenvalue weighted by Gasteiger charge is -2.26. The molecule has 0 saturated carbocycles. The van der Waals surface area contributed by atoms with Gasteiger partial charge in [-0.3, -0.25) is 14.5 Å². The minimum absolute atomic E-state index is 0.160. The molecule has 1 fully saturated rings. The van der Waals surface area contributed by atoms with E-state index < -0.39 is 0 Å². The maximum absolute atomic E-state index is 12.1. The summed E-state index contributed by atoms with van der Waals surface area (Å²) in [6.07, 6.45) is 0.853. The van der Waals surface area contributed by atoms with E-state index in [9.17, 15) is 9.59 Å². The van der Waals surface area contributed by atoms with Crippen LogP contribution in [0, 0.1) is 0 Å². The number of para-hydroxylation sites is 1. The molecule has 2 aromatic rings. The predicted molar refractivity (Wildman–Crippen MR) is 98.5 cm³/mol. The molecule has 0 unspecified atom stereocenters. The van der Waals surface area contributed by atoms with Crippen molar-refractivity contribution in [1.29, 1.82) is 0 Å². The van der Waals surface area contributed by atoms with Crippen LogP contribution in [0.3, 0.4) is 0 Å². The van der Waals surface area contributed by atoms with E-state index in [0.29, 0.717) is 12.2 Å². The first-order valence-electron chi connectivity index (χ1n) is 8.50. The van der Waals surface area contributed by atoms with Crippen LogP contribution in [-0.4, -0.2) is 66.3 Å². The van der Waals surface area contributed by atoms with Gasteiger partial charge in [0.05, 0.1) is 13.2 Å². The van der Waals surface area contributed by atoms with Crippen molar-refractivity contribution < 1.29 is 14.3 Å². The van der Waals surface area contributed by atoms with Crippen molar-refractivity contribution in [3.63, 3.8) is 0 Å². The van der Waals surface area contributed by atoms with Crippen LogP contribution in [0.25, 0.3) is 0 Å². The number of benzene rings is 1. The van der Waals surface area contributed by atoms with Gasteiger partial charge in [0.15, 0.2) is 0 Å². The molecule has 2 N–H and O–H groups in total. The first-order valence-corrected chi connectivity index (χ1v) is 9.32. The quantitative estimate of drug-likeness (QED) is 0.707. The molecule has 9 heteroatoms. The van der Waals surface area contributed by atoms with Crippen molar-refractivity contribution >= 4 is 28.8 Å². The van der Waals surface area contributed by atoms with E-state index in [2.05, 4.69) is 25.7 Å². The van der Waals surface area contributed by atoms with Crippen LogP contribution >= 0.6 is 11.3 Å². The normalized spacial score (nSPS) is 14.8. The molecule has 3 rings (SSSR count). The predicted octanol–water partition coefficient (Wildman–Crippen LogP) is 1.24. The van der Waals surface area contributed by atoms with Crippen molar-refractivity contribution in [3.05, 3.63) is 40.3 Å². The molecule has 0 atom stereocenters. The van der Waals surface area contributed by atoms with Crippen LogP contribution in [0.5, 0.6) is 0 Å². The number of carbonyl (C=O) groups is 2. The number of aromatic nitrogens is 2. The molecule has 0 spiro atoms. The van der Waals surface area contributed by atoms with E-state index in [1.807, 2.05) is 18.2 Å². The van der Waals surface area contributed by atoms with Crippen molar-refractivity contribution in [2.45, 2.75) is 6.42 Å². The molecule has 1 aliphatic heterocycles. The average molecular weight is 375 g/mol. The Morgan fingerprint density at radius 1 is 1.08 bits per heavy atom. The molecule has 0 aliphatic carbocycles. The number of nitrogens with one attached hydrogen (secondary N) is 2. The fraction of sp³-hybridized carbons (Fsp3) is 0.412. The number of anilines is 1. The Labute approximate surface area is 155 Å². The monoisotopic (exact) mass is 375 g/mol. The van der Waals surface area contributed by atoms with E-state index in [-0.39, 0.29) is 21.8 Å². The number of morpholine rings is 1. The van der Waals surface area contributed by atoms with Crippen LogP contribution in [0.4, 0.5) is 5.69 Å². The Bertz CT molecular complexity index is 731. The van der Waals surface area contributed by atoms with Gasteiger partial charge in [-0.25, -0.2) is 0 Å². The fourth-order valence-corrected chi connectivity index (χ4v) is 3.17. The highest BCUT2D eigenvalue weighted by Gasteiger charge is 2.17. The summed E-state index contributed by atoms with van der Waals surface area (Å²) in [5, 5.41) is 13.5. The van der Waals surface area contributed by atoms with E-state index in [1.54, 1.807) is 12.1 Å². The number of ether oxygens (including phenoxy) is 1. The molecule has 0 radical (unpaired) electrons. The van der Waals surface area contributed by atoms with Gasteiger partial charge in [0.2, 0.25) is 10.0 Å². The molecule has 2 heterocycles. The maximum atomic E-state index is 12.1. The number of amides is 2. The Hall–Kier alpha value is -2.36. The second kappa shape index (κ2) is 9.37. The summed E-state index contributed by atoms with van der Waals surface area (Å²) < 4.78 is 5.30. The topological polar surface area (TPSA) is 96.5 Å². The lowest BCUT2D eigenvalue weighted by Crippen LogP contribution is -2.38. The van der Waals surface area contributed by atoms with Crippen molar-refractivity contribution in [2.24, 2.45) is 0 Å². The second-order valence-corrected chi connectivity index (χ2v) is 6.77. The van der Waals surface area contributed by atoms with Gasteiger partial charge in [0.1, 0.15) is 0 Å². The minimum atomic E-state index is -0.375. The molecule has 138 valence electrons. The number of nitrogens with zero attached hydrogens (tertiary/aromatic N) is 3. The highest BCUT2D eigenvalue weighted by atomic mass is 32.1. The molecule has 0 bridgehead atoms. The van der Waals surface area contributed by atoms with E-state index >= 15 is 0 Å². The van der Waals surface area contributed by atoms with Crippen LogP contribution in [-0.2, 0) is 4.74 Å². The van der Waals surface area contributed by atoms with Crippen LogP contribution in [0.2, 0.25) is 0 Å². The third-order valence-electron chi connectivity index (χ3n) is 3.89. The highest BCUT2D eigenvalue weighted by Crippen LogP contribution is 2.13. The SMILES string of the molecule is O=C(NCCCN1CCOCC1)c1nnc(C(=O)Nc2ccccc2)s1. The van der Waals surface area contributed by atoms with Gasteiger partial charge in [-0.2, -0.15) is 0 Å². The van der Waals surface area contributed by atoms with Gasteiger partial charge in [-0.05, 0) is 25.1 Å². The third kappa shape index (κ3) is 5.32. The molecule has 8 nitrogen and oxygen atoms in total. The van der Waals surface area contributed by atoms with Gasteiger partial charge in [-0.15, -0.1) is 10.2 Å². The number of hydrogen-bond acceptors (Lipinski definition) is 7. The summed E-state index contributed by atoms with van der Waals surface area (Å²) in [7, 11) is 0. The summed E-state index contributed by atoms with van der Waals surface area (Å²) in [4.78, 5) is 26.6. The third-order valence-corrected chi connectivity index (χ3v) is 4.81. The highest BCUT2D eigenvalue weighted by molar-refractivity contribution is 7.15. The molecular weight excluding hydrogens is 354 g/mol. The zero-order valence-electron chi connectivity index (χ0n) is 14.3. The maximum Gasteiger partial charge on any atom is 0.286 e. The molecule has 1 aromatic heterocycles. The summed E-state index contributed by atoms with van der Waals surface area (Å²) in [5.74, 6) is -0.677. The summed E-state index contributed by atoms with van der Waals surface area (Å²) >= 11 is 0.981. The standard InChI is InChI=1S/C17H21N5O3S/c23-14(18-7-4-8-22-9-11-25-12-10-22)16-20-21-17(26-16)15(24)19-13-5-2-1-3-6-13/h1-3,5-6H,4,7-12H2,(H,18,23)(H,19,24). The molecule has 26 heavy (non-hydrogen) atoms.